The van der Waals surface area contributed by atoms with Gasteiger partial charge in [-0.1, -0.05) is 11.6 Å². The highest BCUT2D eigenvalue weighted by Gasteiger charge is 2.18. The number of rotatable bonds is 2. The Morgan fingerprint density at radius 3 is 2.59 bits per heavy atom. The fourth-order valence-corrected chi connectivity index (χ4v) is 1.91. The quantitative estimate of drug-likeness (QED) is 0.465. The minimum Gasteiger partial charge on any atom is -0.456 e. The smallest absolute Gasteiger partial charge is 0.338 e. The largest absolute Gasteiger partial charge is 0.456 e. The first-order valence-electron chi connectivity index (χ1n) is 4.92. The maximum Gasteiger partial charge on any atom is 0.338 e. The van der Waals surface area contributed by atoms with Gasteiger partial charge in [0, 0.05) is 9.92 Å². The standard InChI is InChI=1S/C12H12ClNO2S/c1-12(2,3)16-11(15)8-4-9(13)6-10(5-8)17-7-14/h4-6H,1-3H3. The molecule has 0 amide bonds. The Hall–Kier alpha value is -1.18. The van der Waals surface area contributed by atoms with Crippen LogP contribution in [0.1, 0.15) is 31.1 Å². The third-order valence-corrected chi connectivity index (χ3v) is 2.45. The van der Waals surface area contributed by atoms with Crippen molar-refractivity contribution in [2.24, 2.45) is 0 Å². The summed E-state index contributed by atoms with van der Waals surface area (Å²) in [4.78, 5) is 12.4. The third-order valence-electron chi connectivity index (χ3n) is 1.67. The van der Waals surface area contributed by atoms with Gasteiger partial charge in [0.2, 0.25) is 0 Å². The topological polar surface area (TPSA) is 50.1 Å². The molecule has 0 radical (unpaired) electrons. The van der Waals surface area contributed by atoms with E-state index < -0.39 is 11.6 Å². The lowest BCUT2D eigenvalue weighted by Crippen LogP contribution is -2.23. The van der Waals surface area contributed by atoms with E-state index >= 15 is 0 Å². The molecule has 0 bridgehead atoms. The first-order valence-corrected chi connectivity index (χ1v) is 6.11. The molecular weight excluding hydrogens is 258 g/mol. The molecule has 0 saturated carbocycles. The summed E-state index contributed by atoms with van der Waals surface area (Å²) in [6.07, 6.45) is 0. The molecule has 90 valence electrons. The van der Waals surface area contributed by atoms with Gasteiger partial charge in [-0.25, -0.2) is 4.79 Å². The van der Waals surface area contributed by atoms with E-state index in [2.05, 4.69) is 0 Å². The van der Waals surface area contributed by atoms with Crippen molar-refractivity contribution in [3.63, 3.8) is 0 Å². The predicted octanol–water partition coefficient (Wildman–Crippen LogP) is 3.87. The van der Waals surface area contributed by atoms with Crippen LogP contribution < -0.4 is 0 Å². The Morgan fingerprint density at radius 1 is 1.41 bits per heavy atom. The van der Waals surface area contributed by atoms with Gasteiger partial charge in [0.15, 0.2) is 0 Å². The molecule has 17 heavy (non-hydrogen) atoms. The van der Waals surface area contributed by atoms with Crippen LogP contribution in [0.15, 0.2) is 23.1 Å². The van der Waals surface area contributed by atoms with Gasteiger partial charge in [-0.05, 0) is 50.7 Å². The van der Waals surface area contributed by atoms with Crippen molar-refractivity contribution >= 4 is 29.3 Å². The highest BCUT2D eigenvalue weighted by molar-refractivity contribution is 8.03. The van der Waals surface area contributed by atoms with E-state index in [9.17, 15) is 4.79 Å². The zero-order valence-electron chi connectivity index (χ0n) is 9.78. The molecule has 0 fully saturated rings. The van der Waals surface area contributed by atoms with Gasteiger partial charge >= 0.3 is 5.97 Å². The number of halogens is 1. The van der Waals surface area contributed by atoms with Gasteiger partial charge in [0.1, 0.15) is 11.0 Å². The molecule has 3 nitrogen and oxygen atoms in total. The van der Waals surface area contributed by atoms with Crippen LogP contribution in [-0.4, -0.2) is 11.6 Å². The minimum absolute atomic E-state index is 0.352. The monoisotopic (exact) mass is 269 g/mol. The van der Waals surface area contributed by atoms with Crippen LogP contribution in [-0.2, 0) is 4.74 Å². The molecule has 0 atom stereocenters. The molecule has 5 heteroatoms. The number of nitrogens with zero attached hydrogens (tertiary/aromatic N) is 1. The van der Waals surface area contributed by atoms with Gasteiger partial charge in [0.05, 0.1) is 5.56 Å². The number of benzene rings is 1. The Bertz CT molecular complexity index is 474. The number of nitriles is 1. The lowest BCUT2D eigenvalue weighted by molar-refractivity contribution is 0.00692. The van der Waals surface area contributed by atoms with Crippen LogP contribution in [0.2, 0.25) is 5.02 Å². The van der Waals surface area contributed by atoms with E-state index in [1.807, 2.05) is 5.40 Å². The average Bonchev–Trinajstić information content (AvgIpc) is 2.14. The van der Waals surface area contributed by atoms with Crippen molar-refractivity contribution in [3.05, 3.63) is 28.8 Å². The lowest BCUT2D eigenvalue weighted by atomic mass is 10.1. The van der Waals surface area contributed by atoms with Gasteiger partial charge in [0.25, 0.3) is 0 Å². The summed E-state index contributed by atoms with van der Waals surface area (Å²) < 4.78 is 5.22. The first kappa shape index (κ1) is 13.9. The summed E-state index contributed by atoms with van der Waals surface area (Å²) in [5.74, 6) is -0.445. The molecule has 0 aliphatic carbocycles. The van der Waals surface area contributed by atoms with Crippen molar-refractivity contribution in [3.8, 4) is 5.40 Å². The van der Waals surface area contributed by atoms with E-state index in [1.54, 1.807) is 32.9 Å². The van der Waals surface area contributed by atoms with Crippen LogP contribution in [0.5, 0.6) is 0 Å². The number of carbonyl (C=O) groups is 1. The molecular formula is C12H12ClNO2S. The number of hydrogen-bond donors (Lipinski definition) is 0. The second-order valence-electron chi connectivity index (χ2n) is 4.37. The zero-order valence-corrected chi connectivity index (χ0v) is 11.4. The van der Waals surface area contributed by atoms with E-state index in [1.165, 1.54) is 6.07 Å². The van der Waals surface area contributed by atoms with Crippen LogP contribution in [0.25, 0.3) is 0 Å². The van der Waals surface area contributed by atoms with E-state index in [0.29, 0.717) is 15.5 Å². The predicted molar refractivity (Wildman–Crippen MR) is 68.1 cm³/mol. The van der Waals surface area contributed by atoms with Gasteiger partial charge < -0.3 is 4.74 Å². The lowest BCUT2D eigenvalue weighted by Gasteiger charge is -2.19. The molecule has 1 aromatic carbocycles. The fraction of sp³-hybridized carbons (Fsp3) is 0.333. The van der Waals surface area contributed by atoms with E-state index in [0.717, 1.165) is 11.8 Å². The summed E-state index contributed by atoms with van der Waals surface area (Å²) in [6.45, 7) is 5.38. The van der Waals surface area contributed by atoms with Crippen molar-refractivity contribution in [1.29, 1.82) is 5.26 Å². The number of thioether (sulfide) groups is 1. The van der Waals surface area contributed by atoms with Crippen molar-refractivity contribution < 1.29 is 9.53 Å². The van der Waals surface area contributed by atoms with Gasteiger partial charge in [-0.2, -0.15) is 5.26 Å². The van der Waals surface area contributed by atoms with Crippen LogP contribution in [0, 0.1) is 10.7 Å². The Kier molecular flexibility index (Phi) is 4.44. The SMILES string of the molecule is CC(C)(C)OC(=O)c1cc(Cl)cc(SC#N)c1. The molecule has 0 heterocycles. The third kappa shape index (κ3) is 4.68. The minimum atomic E-state index is -0.554. The van der Waals surface area contributed by atoms with Gasteiger partial charge in [-0.15, -0.1) is 0 Å². The Labute approximate surface area is 110 Å². The molecule has 0 aliphatic rings. The molecule has 0 saturated heterocycles. The van der Waals surface area contributed by atoms with Crippen LogP contribution in [0.4, 0.5) is 0 Å². The van der Waals surface area contributed by atoms with Crippen LogP contribution in [0.3, 0.4) is 0 Å². The summed E-state index contributed by atoms with van der Waals surface area (Å²) in [5, 5.41) is 10.9. The molecule has 0 spiro atoms. The van der Waals surface area contributed by atoms with Crippen LogP contribution >= 0.6 is 23.4 Å². The van der Waals surface area contributed by atoms with E-state index in [4.69, 9.17) is 21.6 Å². The second kappa shape index (κ2) is 5.44. The normalized spacial score (nSPS) is 10.8. The summed E-state index contributed by atoms with van der Waals surface area (Å²) in [7, 11) is 0. The fourth-order valence-electron chi connectivity index (χ4n) is 1.13. The van der Waals surface area contributed by atoms with Crippen molar-refractivity contribution in [2.75, 3.05) is 0 Å². The number of hydrogen-bond acceptors (Lipinski definition) is 4. The highest BCUT2D eigenvalue weighted by atomic mass is 35.5. The van der Waals surface area contributed by atoms with Crippen molar-refractivity contribution in [2.45, 2.75) is 31.3 Å². The highest BCUT2D eigenvalue weighted by Crippen LogP contribution is 2.24. The first-order chi connectivity index (χ1) is 7.81. The maximum atomic E-state index is 11.8. The zero-order chi connectivity index (χ0) is 13.1. The molecule has 0 N–H and O–H groups in total. The summed E-state index contributed by atoms with van der Waals surface area (Å²) in [5.41, 5.74) is -0.202. The van der Waals surface area contributed by atoms with Gasteiger partial charge in [-0.3, -0.25) is 0 Å². The Morgan fingerprint density at radius 2 is 2.06 bits per heavy atom. The molecule has 0 aromatic heterocycles. The summed E-state index contributed by atoms with van der Waals surface area (Å²) >= 11 is 6.82. The molecule has 1 aromatic rings. The number of carbonyl (C=O) groups excluding carboxylic acids is 1. The number of ether oxygens (including phenoxy) is 1. The van der Waals surface area contributed by atoms with Crippen molar-refractivity contribution in [1.82, 2.24) is 0 Å². The molecule has 1 rings (SSSR count). The number of thiocyanates is 1. The van der Waals surface area contributed by atoms with E-state index in [-0.39, 0.29) is 0 Å². The molecule has 0 unspecified atom stereocenters. The molecule has 0 aliphatic heterocycles. The maximum absolute atomic E-state index is 11.8. The number of esters is 1. The second-order valence-corrected chi connectivity index (χ2v) is 5.67. The average molecular weight is 270 g/mol. The summed E-state index contributed by atoms with van der Waals surface area (Å²) in [6, 6.07) is 4.74. The Balaban J connectivity index is 2.98.